The fourth-order valence-electron chi connectivity index (χ4n) is 2.29. The molecule has 1 aromatic carbocycles. The van der Waals surface area contributed by atoms with Crippen LogP contribution < -0.4 is 5.32 Å². The van der Waals surface area contributed by atoms with Crippen molar-refractivity contribution in [1.29, 1.82) is 0 Å². The Morgan fingerprint density at radius 3 is 2.68 bits per heavy atom. The summed E-state index contributed by atoms with van der Waals surface area (Å²) in [5, 5.41) is 11.8. The van der Waals surface area contributed by atoms with Gasteiger partial charge in [0, 0.05) is 11.6 Å². The third-order valence-electron chi connectivity index (χ3n) is 3.36. The van der Waals surface area contributed by atoms with Crippen molar-refractivity contribution in [3.8, 4) is 0 Å². The summed E-state index contributed by atoms with van der Waals surface area (Å²) < 4.78 is 0. The smallest absolute Gasteiger partial charge is 0.310 e. The van der Waals surface area contributed by atoms with Crippen molar-refractivity contribution in [1.82, 2.24) is 5.32 Å². The second-order valence-electron chi connectivity index (χ2n) is 4.66. The van der Waals surface area contributed by atoms with Crippen molar-refractivity contribution in [2.45, 2.75) is 25.8 Å². The lowest BCUT2D eigenvalue weighted by molar-refractivity contribution is -0.140. The predicted molar refractivity (Wildman–Crippen MR) is 72.0 cm³/mol. The minimum absolute atomic E-state index is 0.141. The van der Waals surface area contributed by atoms with E-state index in [1.54, 1.807) is 18.2 Å². The maximum absolute atomic E-state index is 12.2. The molecule has 0 spiro atoms. The van der Waals surface area contributed by atoms with E-state index in [2.05, 4.69) is 5.32 Å². The Hall–Kier alpha value is -2.10. The van der Waals surface area contributed by atoms with Gasteiger partial charge in [0.15, 0.2) is 0 Å². The number of rotatable bonds is 4. The molecule has 2 unspecified atom stereocenters. The van der Waals surface area contributed by atoms with Crippen LogP contribution in [0.1, 0.15) is 29.3 Å². The third kappa shape index (κ3) is 3.02. The molecule has 0 heterocycles. The number of hydrogen-bond donors (Lipinski definition) is 2. The lowest BCUT2D eigenvalue weighted by Gasteiger charge is -2.14. The molecule has 100 valence electrons. The quantitative estimate of drug-likeness (QED) is 0.813. The zero-order valence-electron chi connectivity index (χ0n) is 10.8. The number of nitrogens with one attached hydrogen (secondary N) is 1. The van der Waals surface area contributed by atoms with Gasteiger partial charge in [0.25, 0.3) is 5.91 Å². The first kappa shape index (κ1) is 13.3. The van der Waals surface area contributed by atoms with Crippen LogP contribution >= 0.6 is 0 Å². The van der Waals surface area contributed by atoms with Crippen molar-refractivity contribution in [2.24, 2.45) is 5.92 Å². The summed E-state index contributed by atoms with van der Waals surface area (Å²) in [5.41, 5.74) is 1.66. The highest BCUT2D eigenvalue weighted by molar-refractivity contribution is 5.96. The highest BCUT2D eigenvalue weighted by atomic mass is 16.4. The largest absolute Gasteiger partial charge is 0.481 e. The van der Waals surface area contributed by atoms with Gasteiger partial charge in [0.1, 0.15) is 0 Å². The van der Waals surface area contributed by atoms with Gasteiger partial charge in [-0.2, -0.15) is 0 Å². The van der Waals surface area contributed by atoms with Crippen molar-refractivity contribution in [2.75, 3.05) is 0 Å². The number of carboxylic acid groups (broad SMARTS) is 1. The maximum atomic E-state index is 12.2. The first-order chi connectivity index (χ1) is 9.11. The molecule has 0 aromatic heterocycles. The molecular formula is C15H17NO3. The zero-order chi connectivity index (χ0) is 13.8. The van der Waals surface area contributed by atoms with Gasteiger partial charge in [-0.25, -0.2) is 0 Å². The molecule has 0 aliphatic heterocycles. The molecule has 1 aliphatic carbocycles. The second kappa shape index (κ2) is 5.69. The predicted octanol–water partition coefficient (Wildman–Crippen LogP) is 2.01. The molecule has 2 atom stereocenters. The van der Waals surface area contributed by atoms with E-state index < -0.39 is 11.9 Å². The minimum Gasteiger partial charge on any atom is -0.481 e. The lowest BCUT2D eigenvalue weighted by Crippen LogP contribution is -2.33. The van der Waals surface area contributed by atoms with Crippen LogP contribution in [0.3, 0.4) is 0 Å². The third-order valence-corrected chi connectivity index (χ3v) is 3.36. The van der Waals surface area contributed by atoms with Gasteiger partial charge in [-0.1, -0.05) is 37.3 Å². The summed E-state index contributed by atoms with van der Waals surface area (Å²) in [6.07, 6.45) is 4.61. The van der Waals surface area contributed by atoms with Gasteiger partial charge in [-0.05, 0) is 24.5 Å². The van der Waals surface area contributed by atoms with E-state index in [0.717, 1.165) is 12.0 Å². The van der Waals surface area contributed by atoms with Gasteiger partial charge < -0.3 is 10.4 Å². The summed E-state index contributed by atoms with van der Waals surface area (Å²) >= 11 is 0. The average molecular weight is 259 g/mol. The molecule has 2 N–H and O–H groups in total. The van der Waals surface area contributed by atoms with E-state index >= 15 is 0 Å². The molecule has 0 saturated heterocycles. The van der Waals surface area contributed by atoms with E-state index in [9.17, 15) is 9.59 Å². The molecule has 0 bridgehead atoms. The van der Waals surface area contributed by atoms with Crippen LogP contribution in [0.25, 0.3) is 0 Å². The van der Waals surface area contributed by atoms with E-state index in [1.807, 2.05) is 25.1 Å². The molecule has 1 aliphatic rings. The summed E-state index contributed by atoms with van der Waals surface area (Å²) in [6.45, 7) is 2.00. The highest BCUT2D eigenvalue weighted by Crippen LogP contribution is 2.19. The number of hydrogen-bond acceptors (Lipinski definition) is 2. The van der Waals surface area contributed by atoms with E-state index in [1.165, 1.54) is 0 Å². The normalized spacial score (nSPS) is 21.3. The van der Waals surface area contributed by atoms with E-state index in [0.29, 0.717) is 12.0 Å². The van der Waals surface area contributed by atoms with Crippen molar-refractivity contribution < 1.29 is 14.7 Å². The molecule has 4 heteroatoms. The molecule has 2 rings (SSSR count). The van der Waals surface area contributed by atoms with Crippen LogP contribution in [-0.4, -0.2) is 23.0 Å². The summed E-state index contributed by atoms with van der Waals surface area (Å²) in [6, 6.07) is 7.27. The number of aliphatic carboxylic acids is 1. The number of carbonyl (C=O) groups excluding carboxylic acids is 1. The number of aryl methyl sites for hydroxylation is 1. The standard InChI is InChI=1S/C15H17NO3/c1-2-10-5-3-4-6-13(10)14(17)16-12-8-7-11(9-12)15(18)19/h3-8,11-12H,2,9H2,1H3,(H,16,17)(H,18,19). The molecule has 0 saturated carbocycles. The average Bonchev–Trinajstić information content (AvgIpc) is 2.87. The number of carboxylic acids is 1. The Labute approximate surface area is 112 Å². The van der Waals surface area contributed by atoms with Crippen LogP contribution in [0.5, 0.6) is 0 Å². The molecule has 4 nitrogen and oxygen atoms in total. The first-order valence-electron chi connectivity index (χ1n) is 6.41. The molecule has 19 heavy (non-hydrogen) atoms. The number of amides is 1. The van der Waals surface area contributed by atoms with Crippen LogP contribution in [0.15, 0.2) is 36.4 Å². The Bertz CT molecular complexity index is 522. The summed E-state index contributed by atoms with van der Waals surface area (Å²) in [5.74, 6) is -1.48. The summed E-state index contributed by atoms with van der Waals surface area (Å²) in [4.78, 5) is 23.0. The zero-order valence-corrected chi connectivity index (χ0v) is 10.8. The van der Waals surface area contributed by atoms with Gasteiger partial charge >= 0.3 is 5.97 Å². The van der Waals surface area contributed by atoms with Crippen LogP contribution in [0, 0.1) is 5.92 Å². The van der Waals surface area contributed by atoms with Crippen molar-refractivity contribution >= 4 is 11.9 Å². The van der Waals surface area contributed by atoms with Crippen LogP contribution in [0.4, 0.5) is 0 Å². The summed E-state index contributed by atoms with van der Waals surface area (Å²) in [7, 11) is 0. The topological polar surface area (TPSA) is 66.4 Å². The van der Waals surface area contributed by atoms with E-state index in [-0.39, 0.29) is 11.9 Å². The first-order valence-corrected chi connectivity index (χ1v) is 6.41. The van der Waals surface area contributed by atoms with Gasteiger partial charge in [0.2, 0.25) is 0 Å². The monoisotopic (exact) mass is 259 g/mol. The molecule has 0 radical (unpaired) electrons. The van der Waals surface area contributed by atoms with Gasteiger partial charge in [0.05, 0.1) is 5.92 Å². The number of benzene rings is 1. The SMILES string of the molecule is CCc1ccccc1C(=O)NC1C=CC(C(=O)O)C1. The molecule has 1 aromatic rings. The fourth-order valence-corrected chi connectivity index (χ4v) is 2.29. The second-order valence-corrected chi connectivity index (χ2v) is 4.66. The molecule has 0 fully saturated rings. The maximum Gasteiger partial charge on any atom is 0.310 e. The van der Waals surface area contributed by atoms with Crippen molar-refractivity contribution in [3.05, 3.63) is 47.5 Å². The Balaban J connectivity index is 2.03. The van der Waals surface area contributed by atoms with Crippen molar-refractivity contribution in [3.63, 3.8) is 0 Å². The minimum atomic E-state index is -0.845. The molecule has 1 amide bonds. The lowest BCUT2D eigenvalue weighted by atomic mass is 10.0. The Kier molecular flexibility index (Phi) is 4.00. The number of carbonyl (C=O) groups is 2. The van der Waals surface area contributed by atoms with Crippen LogP contribution in [-0.2, 0) is 11.2 Å². The Morgan fingerprint density at radius 1 is 1.32 bits per heavy atom. The van der Waals surface area contributed by atoms with Crippen LogP contribution in [0.2, 0.25) is 0 Å². The molecular weight excluding hydrogens is 242 g/mol. The Morgan fingerprint density at radius 2 is 2.05 bits per heavy atom. The fraction of sp³-hybridized carbons (Fsp3) is 0.333. The van der Waals surface area contributed by atoms with E-state index in [4.69, 9.17) is 5.11 Å². The van der Waals surface area contributed by atoms with Gasteiger partial charge in [-0.15, -0.1) is 0 Å². The van der Waals surface area contributed by atoms with Gasteiger partial charge in [-0.3, -0.25) is 9.59 Å². The highest BCUT2D eigenvalue weighted by Gasteiger charge is 2.25.